The zero-order chi connectivity index (χ0) is 4.50. The summed E-state index contributed by atoms with van der Waals surface area (Å²) in [6, 6.07) is 0. The van der Waals surface area contributed by atoms with Gasteiger partial charge in [0.05, 0.1) is 0 Å². The van der Waals surface area contributed by atoms with Gasteiger partial charge in [0.15, 0.2) is 0 Å². The fourth-order valence-corrected chi connectivity index (χ4v) is 0. The molecule has 0 atom stereocenters. The summed E-state index contributed by atoms with van der Waals surface area (Å²) in [5.41, 5.74) is 0. The van der Waals surface area contributed by atoms with E-state index in [2.05, 4.69) is 0 Å². The first-order valence-electron chi connectivity index (χ1n) is 0.783. The molecule has 0 saturated carbocycles. The van der Waals surface area contributed by atoms with Crippen molar-refractivity contribution in [3.63, 3.8) is 0 Å². The normalized spacial score (nSPS) is 6.56. The smallest absolute Gasteiger partial charge is 0.870 e. The van der Waals surface area contributed by atoms with Crippen molar-refractivity contribution in [1.82, 2.24) is 0 Å². The van der Waals surface area contributed by atoms with Crippen molar-refractivity contribution in [3.05, 3.63) is 0 Å². The van der Waals surface area contributed by atoms with Gasteiger partial charge in [-0.15, -0.1) is 0 Å². The third-order valence-electron chi connectivity index (χ3n) is 0. The number of hydrogen-bond donors (Lipinski definition) is 3. The predicted molar refractivity (Wildman–Crippen MR) is 18.1 cm³/mol. The zero-order valence-corrected chi connectivity index (χ0v) is 11.1. The van der Waals surface area contributed by atoms with Crippen LogP contribution in [0.1, 0.15) is 0 Å². The van der Waals surface area contributed by atoms with Crippen molar-refractivity contribution < 1.29 is 111 Å². The van der Waals surface area contributed by atoms with Gasteiger partial charge in [-0.1, -0.05) is 0 Å². The molecular formula is H5KNaO6P. The first-order chi connectivity index (χ1) is 2.00. The maximum Gasteiger partial charge on any atom is 1.00 e. The molecule has 0 fully saturated rings. The van der Waals surface area contributed by atoms with Crippen LogP contribution in [0.15, 0.2) is 0 Å². The van der Waals surface area contributed by atoms with Crippen molar-refractivity contribution in [2.45, 2.75) is 0 Å². The van der Waals surface area contributed by atoms with Gasteiger partial charge >= 0.3 is 88.8 Å². The fraction of sp³-hybridized carbons (Fsp3) is 0. The van der Waals surface area contributed by atoms with Gasteiger partial charge in [-0.3, -0.25) is 0 Å². The van der Waals surface area contributed by atoms with E-state index in [9.17, 15) is 0 Å². The minimum atomic E-state index is -4.64. The Labute approximate surface area is 117 Å². The molecule has 0 amide bonds. The summed E-state index contributed by atoms with van der Waals surface area (Å²) >= 11 is 0. The van der Waals surface area contributed by atoms with E-state index in [4.69, 9.17) is 19.2 Å². The van der Waals surface area contributed by atoms with E-state index in [1.165, 1.54) is 0 Å². The maximum atomic E-state index is 8.88. The quantitative estimate of drug-likeness (QED) is 0.258. The van der Waals surface area contributed by atoms with Crippen LogP contribution in [0, 0.1) is 0 Å². The van der Waals surface area contributed by atoms with Crippen LogP contribution in [0.5, 0.6) is 0 Å². The first-order valence-corrected chi connectivity index (χ1v) is 2.35. The second-order valence-electron chi connectivity index (χ2n) is 0.513. The molecule has 0 unspecified atom stereocenters. The van der Waals surface area contributed by atoms with Crippen molar-refractivity contribution in [3.8, 4) is 0 Å². The Morgan fingerprint density at radius 1 is 1.00 bits per heavy atom. The van der Waals surface area contributed by atoms with E-state index in [-0.39, 0.29) is 91.9 Å². The van der Waals surface area contributed by atoms with Crippen molar-refractivity contribution in [2.24, 2.45) is 0 Å². The Hall–Kier alpha value is 2.67. The molecule has 48 valence electrons. The summed E-state index contributed by atoms with van der Waals surface area (Å²) in [5, 5.41) is 0. The van der Waals surface area contributed by atoms with Gasteiger partial charge in [0.2, 0.25) is 0 Å². The van der Waals surface area contributed by atoms with Gasteiger partial charge in [-0.05, 0) is 0 Å². The Morgan fingerprint density at radius 3 is 1.00 bits per heavy atom. The molecule has 0 aromatic carbocycles. The van der Waals surface area contributed by atoms with E-state index >= 15 is 0 Å². The third kappa shape index (κ3) is 113. The predicted octanol–water partition coefficient (Wildman–Crippen LogP) is -7.27. The molecule has 9 heavy (non-hydrogen) atoms. The second-order valence-corrected chi connectivity index (χ2v) is 1.54. The summed E-state index contributed by atoms with van der Waals surface area (Å²) in [4.78, 5) is 21.6. The van der Waals surface area contributed by atoms with Crippen molar-refractivity contribution in [1.29, 1.82) is 0 Å². The monoisotopic (exact) mass is 194 g/mol. The van der Waals surface area contributed by atoms with Gasteiger partial charge in [-0.25, -0.2) is 4.57 Å². The Bertz CT molecular complexity index is 59.2. The topological polar surface area (TPSA) is 138 Å². The minimum Gasteiger partial charge on any atom is -0.870 e. The fourth-order valence-electron chi connectivity index (χ4n) is 0. The molecule has 0 bridgehead atoms. The number of phosphoric acid groups is 1. The van der Waals surface area contributed by atoms with Gasteiger partial charge in [0, 0.05) is 0 Å². The number of hydrogen-bond acceptors (Lipinski definition) is 3. The largest absolute Gasteiger partial charge is 1.00 e. The van der Waals surface area contributed by atoms with Crippen LogP contribution in [0.3, 0.4) is 0 Å². The van der Waals surface area contributed by atoms with Gasteiger partial charge in [0.25, 0.3) is 0 Å². The van der Waals surface area contributed by atoms with Crippen LogP contribution >= 0.6 is 7.82 Å². The molecular weight excluding hydrogens is 189 g/mol. The van der Waals surface area contributed by atoms with Crippen LogP contribution in [-0.4, -0.2) is 25.6 Å². The Kier molecular flexibility index (Phi) is 44.0. The van der Waals surface area contributed by atoms with Crippen molar-refractivity contribution in [2.75, 3.05) is 0 Å². The van der Waals surface area contributed by atoms with Crippen LogP contribution in [0.4, 0.5) is 0 Å². The van der Waals surface area contributed by atoms with E-state index < -0.39 is 7.82 Å². The van der Waals surface area contributed by atoms with E-state index in [0.717, 1.165) is 0 Å². The maximum absolute atomic E-state index is 8.88. The molecule has 0 rings (SSSR count). The van der Waals surface area contributed by atoms with Gasteiger partial charge in [-0.2, -0.15) is 0 Å². The summed E-state index contributed by atoms with van der Waals surface area (Å²) in [6.07, 6.45) is 0. The summed E-state index contributed by atoms with van der Waals surface area (Å²) in [6.45, 7) is 0. The molecule has 0 saturated heterocycles. The van der Waals surface area contributed by atoms with E-state index in [0.29, 0.717) is 0 Å². The molecule has 5 N–H and O–H groups in total. The second kappa shape index (κ2) is 13.3. The molecule has 6 nitrogen and oxygen atoms in total. The number of rotatable bonds is 0. The van der Waals surface area contributed by atoms with Crippen molar-refractivity contribution >= 4 is 7.82 Å². The molecule has 0 heterocycles. The molecule has 0 aromatic rings. The average Bonchev–Trinajstić information content (AvgIpc) is 0.722. The average molecular weight is 194 g/mol. The molecule has 0 aliphatic heterocycles. The van der Waals surface area contributed by atoms with Crippen LogP contribution in [0.25, 0.3) is 0 Å². The van der Waals surface area contributed by atoms with Crippen LogP contribution < -0.4 is 80.9 Å². The van der Waals surface area contributed by atoms with E-state index in [1.54, 1.807) is 0 Å². The zero-order valence-electron chi connectivity index (χ0n) is 5.09. The standard InChI is InChI=1S/K.Na.H3O4P.2H2O/c;;1-5(2,3)4;;/h;;(H3,1,2,3,4);2*1H2/q2*+1;;;/p-2. The summed E-state index contributed by atoms with van der Waals surface area (Å²) in [7, 11) is -4.64. The van der Waals surface area contributed by atoms with Gasteiger partial charge < -0.3 is 25.6 Å². The summed E-state index contributed by atoms with van der Waals surface area (Å²) in [5.74, 6) is 0. The molecule has 0 aromatic heterocycles. The molecule has 0 aliphatic rings. The van der Waals surface area contributed by atoms with Crippen LogP contribution in [-0.2, 0) is 4.57 Å². The molecule has 0 aliphatic carbocycles. The first kappa shape index (κ1) is 29.9. The van der Waals surface area contributed by atoms with Crippen LogP contribution in [0.2, 0.25) is 0 Å². The molecule has 0 radical (unpaired) electrons. The Balaban J connectivity index is -0.0000000133. The molecule has 0 spiro atoms. The third-order valence-corrected chi connectivity index (χ3v) is 0. The SMILES string of the molecule is O=P(O)(O)O.[K+].[Na+].[OH-].[OH-]. The summed E-state index contributed by atoms with van der Waals surface area (Å²) < 4.78 is 8.88. The van der Waals surface area contributed by atoms with E-state index in [1.807, 2.05) is 0 Å². The Morgan fingerprint density at radius 2 is 1.00 bits per heavy atom. The van der Waals surface area contributed by atoms with Gasteiger partial charge in [0.1, 0.15) is 0 Å². The minimum absolute atomic E-state index is 0. The molecule has 9 heteroatoms.